The minimum Gasteiger partial charge on any atom is -0.304 e. The molecule has 0 radical (unpaired) electrons. The van der Waals surface area contributed by atoms with E-state index in [-0.39, 0.29) is 16.6 Å². The number of anilines is 1. The van der Waals surface area contributed by atoms with Crippen LogP contribution in [0.15, 0.2) is 30.5 Å². The molecule has 0 saturated heterocycles. The Morgan fingerprint density at radius 2 is 1.67 bits per heavy atom. The fraction of sp³-hybridized carbons (Fsp3) is 0.286. The van der Waals surface area contributed by atoms with Gasteiger partial charge in [0.05, 0.1) is 16.6 Å². The smallest absolute Gasteiger partial charge is 0.304 e. The SMILES string of the molecule is O=C(Nc1ccn(Cc2ccc(Cl)c(Cl)c2)n1)C(F)(F)C(F)(F)C(F)(F)F. The van der Waals surface area contributed by atoms with Gasteiger partial charge in [0, 0.05) is 12.3 Å². The Hall–Kier alpha value is -2.01. The van der Waals surface area contributed by atoms with Crippen LogP contribution in [0.25, 0.3) is 0 Å². The first kappa shape index (κ1) is 21.3. The Morgan fingerprint density at radius 1 is 1.04 bits per heavy atom. The summed E-state index contributed by atoms with van der Waals surface area (Å²) < 4.78 is 89.6. The van der Waals surface area contributed by atoms with Gasteiger partial charge in [-0.3, -0.25) is 9.48 Å². The standard InChI is InChI=1S/C14H8Cl2F7N3O/c15-8-2-1-7(5-9(8)16)6-26-4-3-10(25-26)24-11(27)12(17,18)13(19,20)14(21,22)23/h1-5H,6H2,(H,24,25,27). The van der Waals surface area contributed by atoms with Crippen molar-refractivity contribution in [3.8, 4) is 0 Å². The fourth-order valence-corrected chi connectivity index (χ4v) is 2.18. The highest BCUT2D eigenvalue weighted by atomic mass is 35.5. The monoisotopic (exact) mass is 437 g/mol. The molecule has 0 aliphatic rings. The molecule has 0 bridgehead atoms. The van der Waals surface area contributed by atoms with Crippen molar-refractivity contribution in [2.75, 3.05) is 5.32 Å². The number of alkyl halides is 7. The highest BCUT2D eigenvalue weighted by molar-refractivity contribution is 6.42. The summed E-state index contributed by atoms with van der Waals surface area (Å²) in [5.74, 6) is -16.1. The van der Waals surface area contributed by atoms with Gasteiger partial charge in [-0.25, -0.2) is 0 Å². The van der Waals surface area contributed by atoms with E-state index in [1.807, 2.05) is 0 Å². The number of carbonyl (C=O) groups is 1. The van der Waals surface area contributed by atoms with Gasteiger partial charge in [0.15, 0.2) is 5.82 Å². The Kier molecular flexibility index (Phi) is 5.67. The van der Waals surface area contributed by atoms with Crippen LogP contribution in [0.2, 0.25) is 10.0 Å². The van der Waals surface area contributed by atoms with E-state index in [0.717, 1.165) is 10.7 Å². The molecule has 27 heavy (non-hydrogen) atoms. The van der Waals surface area contributed by atoms with Gasteiger partial charge in [0.2, 0.25) is 0 Å². The predicted octanol–water partition coefficient (Wildman–Crippen LogP) is 5.01. The van der Waals surface area contributed by atoms with Crippen molar-refractivity contribution in [3.63, 3.8) is 0 Å². The van der Waals surface area contributed by atoms with E-state index < -0.39 is 29.7 Å². The Labute approximate surface area is 156 Å². The van der Waals surface area contributed by atoms with Gasteiger partial charge in [-0.05, 0) is 17.7 Å². The van der Waals surface area contributed by atoms with Crippen molar-refractivity contribution in [3.05, 3.63) is 46.1 Å². The lowest BCUT2D eigenvalue weighted by molar-refractivity contribution is -0.343. The van der Waals surface area contributed by atoms with E-state index in [4.69, 9.17) is 23.2 Å². The molecule has 2 rings (SSSR count). The van der Waals surface area contributed by atoms with Crippen LogP contribution in [-0.2, 0) is 11.3 Å². The first-order chi connectivity index (χ1) is 12.3. The molecule has 4 nitrogen and oxygen atoms in total. The molecule has 1 amide bonds. The molecule has 0 aliphatic carbocycles. The number of carbonyl (C=O) groups excluding carboxylic acids is 1. The van der Waals surface area contributed by atoms with Crippen LogP contribution in [0.4, 0.5) is 36.6 Å². The lowest BCUT2D eigenvalue weighted by Crippen LogP contribution is -2.57. The molecule has 0 unspecified atom stereocenters. The topological polar surface area (TPSA) is 46.9 Å². The number of benzene rings is 1. The summed E-state index contributed by atoms with van der Waals surface area (Å²) in [5.41, 5.74) is 0.569. The molecule has 1 N–H and O–H groups in total. The summed E-state index contributed by atoms with van der Waals surface area (Å²) in [6, 6.07) is 5.45. The number of nitrogens with zero attached hydrogens (tertiary/aromatic N) is 2. The van der Waals surface area contributed by atoms with E-state index >= 15 is 0 Å². The second kappa shape index (κ2) is 7.19. The highest BCUT2D eigenvalue weighted by Crippen LogP contribution is 2.46. The molecule has 2 aromatic rings. The molecule has 13 heteroatoms. The fourth-order valence-electron chi connectivity index (χ4n) is 1.86. The number of hydrogen-bond donors (Lipinski definition) is 1. The van der Waals surface area contributed by atoms with Gasteiger partial charge in [0.1, 0.15) is 0 Å². The molecular weight excluding hydrogens is 430 g/mol. The summed E-state index contributed by atoms with van der Waals surface area (Å²) in [6.07, 6.45) is -5.43. The normalized spacial score (nSPS) is 12.9. The number of nitrogens with one attached hydrogen (secondary N) is 1. The zero-order valence-corrected chi connectivity index (χ0v) is 14.3. The van der Waals surface area contributed by atoms with Crippen LogP contribution in [0.1, 0.15) is 5.56 Å². The van der Waals surface area contributed by atoms with Crippen molar-refractivity contribution >= 4 is 34.9 Å². The average Bonchev–Trinajstić information content (AvgIpc) is 2.96. The van der Waals surface area contributed by atoms with E-state index in [1.54, 1.807) is 6.07 Å². The molecule has 0 atom stereocenters. The zero-order valence-electron chi connectivity index (χ0n) is 12.8. The third kappa shape index (κ3) is 4.29. The quantitative estimate of drug-likeness (QED) is 0.668. The third-order valence-corrected chi connectivity index (χ3v) is 3.99. The minimum atomic E-state index is -6.61. The third-order valence-electron chi connectivity index (χ3n) is 3.25. The summed E-state index contributed by atoms with van der Waals surface area (Å²) >= 11 is 11.6. The first-order valence-electron chi connectivity index (χ1n) is 6.87. The molecule has 0 saturated carbocycles. The number of halogens is 9. The maximum absolute atomic E-state index is 13.3. The molecule has 0 fully saturated rings. The van der Waals surface area contributed by atoms with Crippen LogP contribution in [0.3, 0.4) is 0 Å². The van der Waals surface area contributed by atoms with Crippen molar-refractivity contribution < 1.29 is 35.5 Å². The lowest BCUT2D eigenvalue weighted by atomic mass is 10.1. The number of rotatable bonds is 5. The number of hydrogen-bond acceptors (Lipinski definition) is 2. The maximum Gasteiger partial charge on any atom is 0.460 e. The molecule has 1 aromatic carbocycles. The van der Waals surface area contributed by atoms with Crippen molar-refractivity contribution in [2.45, 2.75) is 24.6 Å². The summed E-state index contributed by atoms with van der Waals surface area (Å²) in [6.45, 7) is 0.0296. The van der Waals surface area contributed by atoms with Crippen molar-refractivity contribution in [1.29, 1.82) is 0 Å². The molecule has 1 heterocycles. The van der Waals surface area contributed by atoms with E-state index in [9.17, 15) is 35.5 Å². The van der Waals surface area contributed by atoms with Gasteiger partial charge in [-0.15, -0.1) is 0 Å². The number of aromatic nitrogens is 2. The molecule has 148 valence electrons. The molecule has 0 spiro atoms. The average molecular weight is 438 g/mol. The van der Waals surface area contributed by atoms with Crippen molar-refractivity contribution in [2.24, 2.45) is 0 Å². The lowest BCUT2D eigenvalue weighted by Gasteiger charge is -2.26. The van der Waals surface area contributed by atoms with Crippen LogP contribution in [-0.4, -0.2) is 33.7 Å². The van der Waals surface area contributed by atoms with Gasteiger partial charge in [-0.1, -0.05) is 29.3 Å². The summed E-state index contributed by atoms with van der Waals surface area (Å²) in [4.78, 5) is 11.3. The van der Waals surface area contributed by atoms with Gasteiger partial charge in [-0.2, -0.15) is 35.8 Å². The summed E-state index contributed by atoms with van der Waals surface area (Å²) in [7, 11) is 0. The minimum absolute atomic E-state index is 0.0296. The summed E-state index contributed by atoms with van der Waals surface area (Å²) in [5, 5.41) is 5.35. The van der Waals surface area contributed by atoms with Gasteiger partial charge >= 0.3 is 23.9 Å². The van der Waals surface area contributed by atoms with E-state index in [0.29, 0.717) is 5.56 Å². The Balaban J connectivity index is 2.12. The maximum atomic E-state index is 13.3. The Morgan fingerprint density at radius 3 is 2.22 bits per heavy atom. The van der Waals surface area contributed by atoms with Crippen LogP contribution >= 0.6 is 23.2 Å². The van der Waals surface area contributed by atoms with Crippen molar-refractivity contribution in [1.82, 2.24) is 9.78 Å². The van der Waals surface area contributed by atoms with Gasteiger partial charge < -0.3 is 5.32 Å². The Bertz CT molecular complexity index is 851. The zero-order chi connectivity index (χ0) is 20.6. The molecular formula is C14H8Cl2F7N3O. The number of amides is 1. The van der Waals surface area contributed by atoms with E-state index in [2.05, 4.69) is 5.10 Å². The van der Waals surface area contributed by atoms with E-state index in [1.165, 1.54) is 23.6 Å². The predicted molar refractivity (Wildman–Crippen MR) is 82.4 cm³/mol. The second-order valence-corrected chi connectivity index (χ2v) is 6.06. The van der Waals surface area contributed by atoms with Crippen LogP contribution < -0.4 is 5.32 Å². The van der Waals surface area contributed by atoms with Crippen LogP contribution in [0.5, 0.6) is 0 Å². The largest absolute Gasteiger partial charge is 0.460 e. The molecule has 1 aromatic heterocycles. The molecule has 0 aliphatic heterocycles. The second-order valence-electron chi connectivity index (χ2n) is 5.25. The first-order valence-corrected chi connectivity index (χ1v) is 7.62. The highest BCUT2D eigenvalue weighted by Gasteiger charge is 2.76. The van der Waals surface area contributed by atoms with Gasteiger partial charge in [0.25, 0.3) is 0 Å². The van der Waals surface area contributed by atoms with Crippen LogP contribution in [0, 0.1) is 0 Å².